The van der Waals surface area contributed by atoms with E-state index in [1.165, 1.54) is 6.07 Å². The van der Waals surface area contributed by atoms with Crippen LogP contribution < -0.4 is 4.90 Å². The third kappa shape index (κ3) is 1.95. The van der Waals surface area contributed by atoms with Crippen molar-refractivity contribution in [3.63, 3.8) is 0 Å². The summed E-state index contributed by atoms with van der Waals surface area (Å²) in [5.74, 6) is -0.626. The smallest absolute Gasteiger partial charge is 0.197 e. The summed E-state index contributed by atoms with van der Waals surface area (Å²) >= 11 is 0. The summed E-state index contributed by atoms with van der Waals surface area (Å²) in [5, 5.41) is 0. The van der Waals surface area contributed by atoms with Crippen molar-refractivity contribution in [2.45, 2.75) is 0 Å². The van der Waals surface area contributed by atoms with Gasteiger partial charge in [0.05, 0.1) is 5.56 Å². The molecule has 1 heterocycles. The SMILES string of the molecule is CN1CCN(c2ccc3c(c2)C(=O)c2c(F)cccc2-3)CC1. The highest BCUT2D eigenvalue weighted by atomic mass is 19.1. The average molecular weight is 296 g/mol. The van der Waals surface area contributed by atoms with Gasteiger partial charge < -0.3 is 9.80 Å². The molecule has 1 saturated heterocycles. The van der Waals surface area contributed by atoms with Gasteiger partial charge in [0.25, 0.3) is 0 Å². The monoisotopic (exact) mass is 296 g/mol. The minimum Gasteiger partial charge on any atom is -0.369 e. The van der Waals surface area contributed by atoms with Crippen LogP contribution in [-0.2, 0) is 0 Å². The Kier molecular flexibility index (Phi) is 3.01. The lowest BCUT2D eigenvalue weighted by Gasteiger charge is -2.34. The maximum Gasteiger partial charge on any atom is 0.197 e. The summed E-state index contributed by atoms with van der Waals surface area (Å²) in [6, 6.07) is 10.7. The highest BCUT2D eigenvalue weighted by Crippen LogP contribution is 2.39. The van der Waals surface area contributed by atoms with Crippen molar-refractivity contribution in [3.05, 3.63) is 53.3 Å². The lowest BCUT2D eigenvalue weighted by atomic mass is 10.0. The van der Waals surface area contributed by atoms with E-state index in [4.69, 9.17) is 0 Å². The van der Waals surface area contributed by atoms with Gasteiger partial charge in [0.15, 0.2) is 5.78 Å². The molecule has 112 valence electrons. The standard InChI is InChI=1S/C18H17FN2O/c1-20-7-9-21(10-8-20)12-5-6-13-14-3-2-4-16(19)17(14)18(22)15(13)11-12/h2-6,11H,7-10H2,1H3. The first-order valence-corrected chi connectivity index (χ1v) is 7.56. The van der Waals surface area contributed by atoms with Gasteiger partial charge in [0.2, 0.25) is 0 Å². The average Bonchev–Trinajstić information content (AvgIpc) is 2.82. The number of carbonyl (C=O) groups is 1. The molecule has 0 radical (unpaired) electrons. The van der Waals surface area contributed by atoms with E-state index < -0.39 is 5.82 Å². The fourth-order valence-electron chi connectivity index (χ4n) is 3.33. The number of fused-ring (bicyclic) bond motifs is 3. The molecule has 0 amide bonds. The number of hydrogen-bond acceptors (Lipinski definition) is 3. The molecule has 2 aromatic carbocycles. The van der Waals surface area contributed by atoms with E-state index in [2.05, 4.69) is 16.8 Å². The van der Waals surface area contributed by atoms with Gasteiger partial charge in [-0.2, -0.15) is 0 Å². The van der Waals surface area contributed by atoms with E-state index in [1.807, 2.05) is 24.3 Å². The summed E-state index contributed by atoms with van der Waals surface area (Å²) in [6.07, 6.45) is 0. The van der Waals surface area contributed by atoms with E-state index >= 15 is 0 Å². The third-order valence-electron chi connectivity index (χ3n) is 4.65. The largest absolute Gasteiger partial charge is 0.369 e. The topological polar surface area (TPSA) is 23.6 Å². The second-order valence-electron chi connectivity index (χ2n) is 6.01. The quantitative estimate of drug-likeness (QED) is 0.690. The number of anilines is 1. The van der Waals surface area contributed by atoms with Crippen molar-refractivity contribution < 1.29 is 9.18 Å². The van der Waals surface area contributed by atoms with E-state index in [0.29, 0.717) is 11.1 Å². The van der Waals surface area contributed by atoms with Crippen LogP contribution in [0.2, 0.25) is 0 Å². The molecule has 0 N–H and O–H groups in total. The van der Waals surface area contributed by atoms with Crippen molar-refractivity contribution in [2.24, 2.45) is 0 Å². The second kappa shape index (κ2) is 4.92. The number of halogens is 1. The number of nitrogens with zero attached hydrogens (tertiary/aromatic N) is 2. The molecule has 4 heteroatoms. The zero-order valence-corrected chi connectivity index (χ0v) is 12.5. The maximum atomic E-state index is 14.0. The van der Waals surface area contributed by atoms with Gasteiger partial charge in [0.1, 0.15) is 5.82 Å². The van der Waals surface area contributed by atoms with E-state index in [0.717, 1.165) is 37.4 Å². The number of piperazine rings is 1. The molecule has 1 aliphatic heterocycles. The minimum absolute atomic E-state index is 0.195. The number of carbonyl (C=O) groups excluding carboxylic acids is 1. The van der Waals surface area contributed by atoms with Crippen LogP contribution in [0.3, 0.4) is 0 Å². The summed E-state index contributed by atoms with van der Waals surface area (Å²) < 4.78 is 14.0. The predicted octanol–water partition coefficient (Wildman–Crippen LogP) is 2.79. The highest BCUT2D eigenvalue weighted by Gasteiger charge is 2.30. The predicted molar refractivity (Wildman–Crippen MR) is 85.0 cm³/mol. The van der Waals surface area contributed by atoms with Gasteiger partial charge in [-0.15, -0.1) is 0 Å². The van der Waals surface area contributed by atoms with Crippen molar-refractivity contribution in [3.8, 4) is 11.1 Å². The van der Waals surface area contributed by atoms with Crippen LogP contribution in [0.4, 0.5) is 10.1 Å². The lowest BCUT2D eigenvalue weighted by Crippen LogP contribution is -2.44. The first kappa shape index (κ1) is 13.5. The Hall–Kier alpha value is -2.20. The number of likely N-dealkylation sites (N-methyl/N-ethyl adjacent to an activating group) is 1. The molecule has 1 aliphatic carbocycles. The zero-order valence-electron chi connectivity index (χ0n) is 12.5. The molecule has 3 nitrogen and oxygen atoms in total. The second-order valence-corrected chi connectivity index (χ2v) is 6.01. The van der Waals surface area contributed by atoms with Crippen molar-refractivity contribution in [1.29, 1.82) is 0 Å². The van der Waals surface area contributed by atoms with E-state index in [9.17, 15) is 9.18 Å². The fourth-order valence-corrected chi connectivity index (χ4v) is 3.33. The van der Waals surface area contributed by atoms with Gasteiger partial charge in [-0.3, -0.25) is 4.79 Å². The Bertz CT molecular complexity index is 764. The van der Waals surface area contributed by atoms with Crippen LogP contribution in [-0.4, -0.2) is 43.9 Å². The van der Waals surface area contributed by atoms with Crippen LogP contribution >= 0.6 is 0 Å². The summed E-state index contributed by atoms with van der Waals surface area (Å²) in [6.45, 7) is 3.93. The van der Waals surface area contributed by atoms with Crippen molar-refractivity contribution in [2.75, 3.05) is 38.1 Å². The first-order valence-electron chi connectivity index (χ1n) is 7.56. The zero-order chi connectivity index (χ0) is 15.3. The van der Waals surface area contributed by atoms with E-state index in [-0.39, 0.29) is 11.3 Å². The summed E-state index contributed by atoms with van der Waals surface area (Å²) in [5.41, 5.74) is 3.44. The maximum absolute atomic E-state index is 14.0. The molecule has 0 saturated carbocycles. The molecule has 0 aromatic heterocycles. The van der Waals surface area contributed by atoms with Gasteiger partial charge in [-0.05, 0) is 36.4 Å². The van der Waals surface area contributed by atoms with E-state index in [1.54, 1.807) is 6.07 Å². The van der Waals surface area contributed by atoms with Gasteiger partial charge in [0, 0.05) is 37.4 Å². The molecule has 4 rings (SSSR count). The summed E-state index contributed by atoms with van der Waals surface area (Å²) in [7, 11) is 2.11. The molecular weight excluding hydrogens is 279 g/mol. The number of hydrogen-bond donors (Lipinski definition) is 0. The molecule has 0 unspecified atom stereocenters. The minimum atomic E-state index is -0.431. The highest BCUT2D eigenvalue weighted by molar-refractivity contribution is 6.22. The number of ketones is 1. The Balaban J connectivity index is 1.74. The van der Waals surface area contributed by atoms with Crippen LogP contribution in [0, 0.1) is 5.82 Å². The molecule has 22 heavy (non-hydrogen) atoms. The Labute approximate surface area is 129 Å². The first-order chi connectivity index (χ1) is 10.6. The van der Waals surface area contributed by atoms with Gasteiger partial charge in [-0.1, -0.05) is 18.2 Å². The lowest BCUT2D eigenvalue weighted by molar-refractivity contribution is 0.104. The Morgan fingerprint density at radius 1 is 0.955 bits per heavy atom. The Morgan fingerprint density at radius 2 is 1.73 bits per heavy atom. The van der Waals surface area contributed by atoms with Crippen molar-refractivity contribution >= 4 is 11.5 Å². The molecule has 0 atom stereocenters. The molecule has 2 aromatic rings. The normalized spacial score (nSPS) is 17.5. The van der Waals surface area contributed by atoms with Gasteiger partial charge in [-0.25, -0.2) is 4.39 Å². The molecule has 1 fully saturated rings. The van der Waals surface area contributed by atoms with Crippen LogP contribution in [0.5, 0.6) is 0 Å². The Morgan fingerprint density at radius 3 is 2.50 bits per heavy atom. The van der Waals surface area contributed by atoms with Crippen LogP contribution in [0.25, 0.3) is 11.1 Å². The van der Waals surface area contributed by atoms with Crippen LogP contribution in [0.1, 0.15) is 15.9 Å². The van der Waals surface area contributed by atoms with Gasteiger partial charge >= 0.3 is 0 Å². The number of rotatable bonds is 1. The molecule has 0 spiro atoms. The van der Waals surface area contributed by atoms with Crippen LogP contribution in [0.15, 0.2) is 36.4 Å². The fraction of sp³-hybridized carbons (Fsp3) is 0.278. The number of benzene rings is 2. The molecule has 0 bridgehead atoms. The molecule has 2 aliphatic rings. The third-order valence-corrected chi connectivity index (χ3v) is 4.65. The summed E-state index contributed by atoms with van der Waals surface area (Å²) in [4.78, 5) is 17.1. The molecular formula is C18H17FN2O. The van der Waals surface area contributed by atoms with Crippen molar-refractivity contribution in [1.82, 2.24) is 4.90 Å².